The Morgan fingerprint density at radius 1 is 1.13 bits per heavy atom. The van der Waals surface area contributed by atoms with Crippen LogP contribution >= 0.6 is 15.9 Å². The SMILES string of the molecule is CCOc1c(Br)cc(CNC2CCCCCCC2)cc1OC.[Cl-]. The van der Waals surface area contributed by atoms with Crippen molar-refractivity contribution in [2.24, 2.45) is 0 Å². The van der Waals surface area contributed by atoms with Crippen LogP contribution in [0.3, 0.4) is 0 Å². The first-order valence-electron chi connectivity index (χ1n) is 8.47. The molecular formula is C18H28BrClNO2-. The van der Waals surface area contributed by atoms with Crippen LogP contribution in [0.2, 0.25) is 0 Å². The van der Waals surface area contributed by atoms with Crippen LogP contribution in [0, 0.1) is 0 Å². The number of hydrogen-bond acceptors (Lipinski definition) is 3. The summed E-state index contributed by atoms with van der Waals surface area (Å²) in [6, 6.07) is 4.85. The monoisotopic (exact) mass is 404 g/mol. The number of nitrogens with one attached hydrogen (secondary N) is 1. The Kier molecular flexibility index (Phi) is 10.00. The Morgan fingerprint density at radius 3 is 2.39 bits per heavy atom. The summed E-state index contributed by atoms with van der Waals surface area (Å²) in [5.74, 6) is 1.59. The lowest BCUT2D eigenvalue weighted by atomic mass is 9.96. The molecule has 0 bridgehead atoms. The average Bonchev–Trinajstić information content (AvgIpc) is 2.48. The third-order valence-electron chi connectivity index (χ3n) is 4.28. The maximum atomic E-state index is 5.65. The van der Waals surface area contributed by atoms with Crippen LogP contribution < -0.4 is 27.2 Å². The molecule has 1 N–H and O–H groups in total. The molecule has 1 aromatic rings. The van der Waals surface area contributed by atoms with E-state index in [-0.39, 0.29) is 12.4 Å². The maximum absolute atomic E-state index is 5.65. The zero-order valence-corrected chi connectivity index (χ0v) is 16.5. The molecule has 1 aliphatic rings. The summed E-state index contributed by atoms with van der Waals surface area (Å²) in [4.78, 5) is 0. The minimum absolute atomic E-state index is 0. The van der Waals surface area contributed by atoms with Gasteiger partial charge in [0.05, 0.1) is 18.2 Å². The molecule has 23 heavy (non-hydrogen) atoms. The Labute approximate surface area is 155 Å². The first kappa shape index (κ1) is 20.6. The molecule has 1 fully saturated rings. The van der Waals surface area contributed by atoms with Crippen molar-refractivity contribution >= 4 is 15.9 Å². The lowest BCUT2D eigenvalue weighted by Gasteiger charge is -2.21. The lowest BCUT2D eigenvalue weighted by molar-refractivity contribution is -0.00000533. The van der Waals surface area contributed by atoms with Gasteiger partial charge in [-0.1, -0.05) is 32.1 Å². The van der Waals surface area contributed by atoms with Gasteiger partial charge in [0.1, 0.15) is 0 Å². The smallest absolute Gasteiger partial charge is 0.175 e. The summed E-state index contributed by atoms with van der Waals surface area (Å²) < 4.78 is 12.1. The van der Waals surface area contributed by atoms with E-state index in [1.54, 1.807) is 7.11 Å². The third kappa shape index (κ3) is 6.52. The van der Waals surface area contributed by atoms with Crippen LogP contribution in [0.5, 0.6) is 11.5 Å². The number of ether oxygens (including phenoxy) is 2. The highest BCUT2D eigenvalue weighted by molar-refractivity contribution is 9.10. The van der Waals surface area contributed by atoms with E-state index in [1.165, 1.54) is 50.5 Å². The zero-order chi connectivity index (χ0) is 15.8. The van der Waals surface area contributed by atoms with Gasteiger partial charge < -0.3 is 27.2 Å². The molecule has 1 aromatic carbocycles. The molecule has 5 heteroatoms. The maximum Gasteiger partial charge on any atom is 0.175 e. The molecule has 0 atom stereocenters. The van der Waals surface area contributed by atoms with Gasteiger partial charge in [0, 0.05) is 12.6 Å². The predicted octanol–water partition coefficient (Wildman–Crippen LogP) is 2.06. The Bertz CT molecular complexity index is 463. The lowest BCUT2D eigenvalue weighted by Crippen LogP contribution is -3.00. The third-order valence-corrected chi connectivity index (χ3v) is 4.87. The van der Waals surface area contributed by atoms with Crippen molar-refractivity contribution in [1.82, 2.24) is 5.32 Å². The van der Waals surface area contributed by atoms with Gasteiger partial charge in [-0.3, -0.25) is 0 Å². The molecule has 0 spiro atoms. The number of benzene rings is 1. The standard InChI is InChI=1S/C18H28BrNO2.ClH/c1-3-22-18-16(19)11-14(12-17(18)21-2)13-20-15-9-7-5-4-6-8-10-15;/h11-12,15,20H,3-10,13H2,1-2H3;1H/p-1. The van der Waals surface area contributed by atoms with Crippen molar-refractivity contribution < 1.29 is 21.9 Å². The first-order chi connectivity index (χ1) is 10.7. The summed E-state index contributed by atoms with van der Waals surface area (Å²) in [6.07, 6.45) is 9.50. The average molecular weight is 406 g/mol. The summed E-state index contributed by atoms with van der Waals surface area (Å²) in [7, 11) is 1.69. The van der Waals surface area contributed by atoms with E-state index >= 15 is 0 Å². The van der Waals surface area contributed by atoms with Gasteiger partial charge >= 0.3 is 0 Å². The van der Waals surface area contributed by atoms with Gasteiger partial charge in [0.15, 0.2) is 11.5 Å². The molecule has 0 radical (unpaired) electrons. The van der Waals surface area contributed by atoms with E-state index in [0.29, 0.717) is 12.6 Å². The van der Waals surface area contributed by atoms with E-state index in [0.717, 1.165) is 22.5 Å². The molecule has 132 valence electrons. The van der Waals surface area contributed by atoms with Crippen LogP contribution in [-0.4, -0.2) is 19.8 Å². The molecule has 3 nitrogen and oxygen atoms in total. The highest BCUT2D eigenvalue weighted by atomic mass is 79.9. The fourth-order valence-corrected chi connectivity index (χ4v) is 3.69. The van der Waals surface area contributed by atoms with Crippen molar-refractivity contribution in [3.05, 3.63) is 22.2 Å². The summed E-state index contributed by atoms with van der Waals surface area (Å²) in [6.45, 7) is 3.50. The van der Waals surface area contributed by atoms with Gasteiger partial charge in [-0.05, 0) is 53.4 Å². The number of halogens is 2. The Balaban J connectivity index is 0.00000264. The normalized spacial score (nSPS) is 16.1. The highest BCUT2D eigenvalue weighted by Crippen LogP contribution is 2.36. The number of rotatable bonds is 6. The summed E-state index contributed by atoms with van der Waals surface area (Å²) in [5.41, 5.74) is 1.23. The molecule has 0 aromatic heterocycles. The molecule has 0 heterocycles. The second kappa shape index (κ2) is 11.2. The van der Waals surface area contributed by atoms with E-state index in [1.807, 2.05) is 6.92 Å². The summed E-state index contributed by atoms with van der Waals surface area (Å²) >= 11 is 3.60. The van der Waals surface area contributed by atoms with Crippen LogP contribution in [0.15, 0.2) is 16.6 Å². The van der Waals surface area contributed by atoms with E-state index in [4.69, 9.17) is 9.47 Å². The fourth-order valence-electron chi connectivity index (χ4n) is 3.08. The molecule has 0 unspecified atom stereocenters. The van der Waals surface area contributed by atoms with E-state index in [9.17, 15) is 0 Å². The largest absolute Gasteiger partial charge is 1.00 e. The topological polar surface area (TPSA) is 30.5 Å². The van der Waals surface area contributed by atoms with Crippen LogP contribution in [0.25, 0.3) is 0 Å². The Morgan fingerprint density at radius 2 is 1.78 bits per heavy atom. The number of hydrogen-bond donors (Lipinski definition) is 1. The molecule has 0 aliphatic heterocycles. The second-order valence-corrected chi connectivity index (χ2v) is 6.82. The van der Waals surface area contributed by atoms with Crippen molar-refractivity contribution in [3.63, 3.8) is 0 Å². The second-order valence-electron chi connectivity index (χ2n) is 5.96. The van der Waals surface area contributed by atoms with Gasteiger partial charge in [-0.15, -0.1) is 0 Å². The molecule has 1 aliphatic carbocycles. The van der Waals surface area contributed by atoms with E-state index in [2.05, 4.69) is 33.4 Å². The Hall–Kier alpha value is -0.450. The molecule has 0 saturated heterocycles. The molecular weight excluding hydrogens is 378 g/mol. The van der Waals surface area contributed by atoms with Crippen molar-refractivity contribution in [2.75, 3.05) is 13.7 Å². The molecule has 2 rings (SSSR count). The van der Waals surface area contributed by atoms with Crippen LogP contribution in [-0.2, 0) is 6.54 Å². The van der Waals surface area contributed by atoms with Crippen molar-refractivity contribution in [2.45, 2.75) is 64.5 Å². The van der Waals surface area contributed by atoms with Crippen LogP contribution in [0.4, 0.5) is 0 Å². The minimum atomic E-state index is 0. The molecule has 0 amide bonds. The number of methoxy groups -OCH3 is 1. The molecule has 1 saturated carbocycles. The first-order valence-corrected chi connectivity index (χ1v) is 9.26. The van der Waals surface area contributed by atoms with Gasteiger partial charge in [-0.2, -0.15) is 0 Å². The predicted molar refractivity (Wildman–Crippen MR) is 94.8 cm³/mol. The van der Waals surface area contributed by atoms with Gasteiger partial charge in [-0.25, -0.2) is 0 Å². The fraction of sp³-hybridized carbons (Fsp3) is 0.667. The zero-order valence-electron chi connectivity index (χ0n) is 14.2. The quantitative estimate of drug-likeness (QED) is 0.786. The summed E-state index contributed by atoms with van der Waals surface area (Å²) in [5, 5.41) is 3.72. The minimum Gasteiger partial charge on any atom is -1.00 e. The van der Waals surface area contributed by atoms with Crippen molar-refractivity contribution in [3.8, 4) is 11.5 Å². The van der Waals surface area contributed by atoms with E-state index < -0.39 is 0 Å². The highest BCUT2D eigenvalue weighted by Gasteiger charge is 2.14. The van der Waals surface area contributed by atoms with Gasteiger partial charge in [0.25, 0.3) is 0 Å². The van der Waals surface area contributed by atoms with Gasteiger partial charge in [0.2, 0.25) is 0 Å². The van der Waals surface area contributed by atoms with Crippen LogP contribution in [0.1, 0.15) is 57.4 Å². The van der Waals surface area contributed by atoms with Crippen molar-refractivity contribution in [1.29, 1.82) is 0 Å².